The van der Waals surface area contributed by atoms with Crippen molar-refractivity contribution in [3.8, 4) is 23.0 Å². The lowest BCUT2D eigenvalue weighted by atomic mass is 9.93. The molecule has 0 saturated heterocycles. The van der Waals surface area contributed by atoms with Gasteiger partial charge in [-0.25, -0.2) is 4.79 Å². The van der Waals surface area contributed by atoms with Crippen LogP contribution < -0.4 is 14.2 Å². The number of aromatic hydroxyl groups is 1. The van der Waals surface area contributed by atoms with E-state index in [0.717, 1.165) is 120 Å². The van der Waals surface area contributed by atoms with Crippen molar-refractivity contribution < 1.29 is 29.2 Å². The highest BCUT2D eigenvalue weighted by atomic mass is 16.7. The fourth-order valence-corrected chi connectivity index (χ4v) is 4.63. The van der Waals surface area contributed by atoms with Gasteiger partial charge in [-0.1, -0.05) is 105 Å². The third-order valence-electron chi connectivity index (χ3n) is 6.79. The van der Waals surface area contributed by atoms with Crippen LogP contribution in [-0.4, -0.2) is 29.6 Å². The molecule has 0 amide bonds. The molecule has 0 heterocycles. The molecule has 1 aromatic carbocycles. The van der Waals surface area contributed by atoms with Crippen LogP contribution in [0, 0.1) is 0 Å². The van der Waals surface area contributed by atoms with Crippen LogP contribution in [0.25, 0.3) is 0 Å². The van der Waals surface area contributed by atoms with Gasteiger partial charge in [0.2, 0.25) is 11.5 Å². The molecular weight excluding hydrogens is 468 g/mol. The van der Waals surface area contributed by atoms with E-state index in [4.69, 9.17) is 14.2 Å². The Hall–Kier alpha value is -2.11. The smallest absolute Gasteiger partial charge is 0.504 e. The zero-order valence-electron chi connectivity index (χ0n) is 24.2. The van der Waals surface area contributed by atoms with Crippen LogP contribution in [0.2, 0.25) is 0 Å². The highest BCUT2D eigenvalue weighted by Gasteiger charge is 2.28. The number of unbranched alkanes of at least 4 members (excludes halogenated alkanes) is 12. The van der Waals surface area contributed by atoms with Gasteiger partial charge in [0.05, 0.1) is 13.2 Å². The second-order valence-corrected chi connectivity index (χ2v) is 10.1. The van der Waals surface area contributed by atoms with Crippen LogP contribution >= 0.6 is 0 Å². The SMILES string of the molecule is CCCCCCOc1c(CCCCCC)c(CCCCCC)c(O)c(OC(=O)O)c1OCCCCCC. The number of carboxylic acid groups (broad SMARTS) is 1. The summed E-state index contributed by atoms with van der Waals surface area (Å²) in [6.07, 6.45) is 17.0. The third kappa shape index (κ3) is 12.8. The molecule has 0 radical (unpaired) electrons. The van der Waals surface area contributed by atoms with E-state index in [9.17, 15) is 15.0 Å². The molecule has 0 aliphatic rings. The molecule has 0 unspecified atom stereocenters. The van der Waals surface area contributed by atoms with Crippen LogP contribution in [0.5, 0.6) is 23.0 Å². The molecular formula is C31H54O6. The van der Waals surface area contributed by atoms with Gasteiger partial charge in [0, 0.05) is 11.1 Å². The first kappa shape index (κ1) is 32.9. The Morgan fingerprint density at radius 2 is 1.00 bits per heavy atom. The summed E-state index contributed by atoms with van der Waals surface area (Å²) in [5.41, 5.74) is 1.72. The van der Waals surface area contributed by atoms with E-state index < -0.39 is 6.16 Å². The highest BCUT2D eigenvalue weighted by molar-refractivity contribution is 5.72. The van der Waals surface area contributed by atoms with E-state index in [1.807, 2.05) is 0 Å². The fourth-order valence-electron chi connectivity index (χ4n) is 4.63. The van der Waals surface area contributed by atoms with Gasteiger partial charge in [0.1, 0.15) is 0 Å². The van der Waals surface area contributed by atoms with Crippen molar-refractivity contribution >= 4 is 6.16 Å². The average Bonchev–Trinajstić information content (AvgIpc) is 2.88. The fraction of sp³-hybridized carbons (Fsp3) is 0.774. The Balaban J connectivity index is 3.47. The first-order valence-corrected chi connectivity index (χ1v) is 15.1. The van der Waals surface area contributed by atoms with E-state index in [1.54, 1.807) is 0 Å². The molecule has 2 N–H and O–H groups in total. The maximum Gasteiger partial charge on any atom is 0.511 e. The minimum absolute atomic E-state index is 0.105. The lowest BCUT2D eigenvalue weighted by Gasteiger charge is -2.23. The van der Waals surface area contributed by atoms with E-state index in [2.05, 4.69) is 27.7 Å². The highest BCUT2D eigenvalue weighted by Crippen LogP contribution is 2.51. The van der Waals surface area contributed by atoms with Gasteiger partial charge in [0.25, 0.3) is 0 Å². The molecule has 1 aromatic rings. The zero-order chi connectivity index (χ0) is 27.3. The Labute approximate surface area is 226 Å². The summed E-state index contributed by atoms with van der Waals surface area (Å²) < 4.78 is 17.7. The largest absolute Gasteiger partial charge is 0.511 e. The summed E-state index contributed by atoms with van der Waals surface area (Å²) in [5, 5.41) is 20.8. The van der Waals surface area contributed by atoms with Crippen molar-refractivity contribution in [2.45, 2.75) is 143 Å². The van der Waals surface area contributed by atoms with Gasteiger partial charge in [-0.15, -0.1) is 0 Å². The second-order valence-electron chi connectivity index (χ2n) is 10.1. The van der Waals surface area contributed by atoms with E-state index >= 15 is 0 Å². The molecule has 0 atom stereocenters. The molecule has 0 aliphatic carbocycles. The van der Waals surface area contributed by atoms with Crippen LogP contribution in [0.3, 0.4) is 0 Å². The van der Waals surface area contributed by atoms with Crippen molar-refractivity contribution in [2.75, 3.05) is 13.2 Å². The summed E-state index contributed by atoms with van der Waals surface area (Å²) in [6, 6.07) is 0. The van der Waals surface area contributed by atoms with Gasteiger partial charge in [-0.2, -0.15) is 0 Å². The molecule has 6 nitrogen and oxygen atoms in total. The normalized spacial score (nSPS) is 11.0. The topological polar surface area (TPSA) is 85.2 Å². The maximum atomic E-state index is 11.6. The van der Waals surface area contributed by atoms with Gasteiger partial charge in [0.15, 0.2) is 11.5 Å². The minimum atomic E-state index is -1.47. The summed E-state index contributed by atoms with van der Waals surface area (Å²) in [5.74, 6) is 0.596. The molecule has 0 bridgehead atoms. The van der Waals surface area contributed by atoms with E-state index in [0.29, 0.717) is 25.4 Å². The lowest BCUT2D eigenvalue weighted by Crippen LogP contribution is -2.12. The van der Waals surface area contributed by atoms with Crippen molar-refractivity contribution in [3.05, 3.63) is 11.1 Å². The van der Waals surface area contributed by atoms with Gasteiger partial charge in [-0.05, 0) is 38.5 Å². The Morgan fingerprint density at radius 3 is 1.46 bits per heavy atom. The van der Waals surface area contributed by atoms with Gasteiger partial charge < -0.3 is 24.4 Å². The molecule has 0 spiro atoms. The molecule has 37 heavy (non-hydrogen) atoms. The van der Waals surface area contributed by atoms with Crippen molar-refractivity contribution in [1.82, 2.24) is 0 Å². The number of ether oxygens (including phenoxy) is 3. The predicted octanol–water partition coefficient (Wildman–Crippen LogP) is 9.61. The van der Waals surface area contributed by atoms with Crippen molar-refractivity contribution in [2.24, 2.45) is 0 Å². The van der Waals surface area contributed by atoms with E-state index in [-0.39, 0.29) is 17.2 Å². The average molecular weight is 523 g/mol. The Kier molecular flexibility index (Phi) is 18.6. The van der Waals surface area contributed by atoms with Crippen LogP contribution in [0.4, 0.5) is 4.79 Å². The quantitative estimate of drug-likeness (QED) is 0.0845. The molecule has 6 heteroatoms. The molecule has 0 aliphatic heterocycles. The van der Waals surface area contributed by atoms with Gasteiger partial charge >= 0.3 is 6.16 Å². The lowest BCUT2D eigenvalue weighted by molar-refractivity contribution is 0.139. The van der Waals surface area contributed by atoms with Crippen molar-refractivity contribution in [1.29, 1.82) is 0 Å². The number of hydrogen-bond donors (Lipinski definition) is 2. The second kappa shape index (κ2) is 20.9. The van der Waals surface area contributed by atoms with Crippen LogP contribution in [0.1, 0.15) is 142 Å². The first-order chi connectivity index (χ1) is 18.0. The number of carbonyl (C=O) groups is 1. The number of rotatable bonds is 23. The third-order valence-corrected chi connectivity index (χ3v) is 6.79. The van der Waals surface area contributed by atoms with Crippen LogP contribution in [-0.2, 0) is 12.8 Å². The summed E-state index contributed by atoms with van der Waals surface area (Å²) in [4.78, 5) is 11.6. The first-order valence-electron chi connectivity index (χ1n) is 15.1. The monoisotopic (exact) mass is 522 g/mol. The van der Waals surface area contributed by atoms with Crippen LogP contribution in [0.15, 0.2) is 0 Å². The molecule has 0 fully saturated rings. The molecule has 1 rings (SSSR count). The Morgan fingerprint density at radius 1 is 0.568 bits per heavy atom. The molecule has 0 saturated carbocycles. The molecule has 214 valence electrons. The summed E-state index contributed by atoms with van der Waals surface area (Å²) in [6.45, 7) is 9.66. The Bertz CT molecular complexity index is 746. The standard InChI is InChI=1S/C31H54O6/c1-5-9-13-17-21-25-26(22-18-14-10-6-2)28(35-23-19-15-11-7-3)30(36-24-20-16-12-8-4)29(27(25)32)37-31(33)34/h32H,5-24H2,1-4H3,(H,33,34). The number of phenolic OH excluding ortho intramolecular Hbond substituents is 1. The number of hydrogen-bond acceptors (Lipinski definition) is 5. The number of benzene rings is 1. The summed E-state index contributed by atoms with van der Waals surface area (Å²) in [7, 11) is 0. The maximum absolute atomic E-state index is 11.6. The predicted molar refractivity (Wildman–Crippen MR) is 152 cm³/mol. The van der Waals surface area contributed by atoms with Gasteiger partial charge in [-0.3, -0.25) is 0 Å². The van der Waals surface area contributed by atoms with E-state index in [1.165, 1.54) is 0 Å². The molecule has 0 aromatic heterocycles. The summed E-state index contributed by atoms with van der Waals surface area (Å²) >= 11 is 0. The number of phenols is 1. The van der Waals surface area contributed by atoms with Crippen molar-refractivity contribution in [3.63, 3.8) is 0 Å². The minimum Gasteiger partial charge on any atom is -0.504 e. The zero-order valence-corrected chi connectivity index (χ0v) is 24.2.